The van der Waals surface area contributed by atoms with Crippen LogP contribution in [0.15, 0.2) is 0 Å². The molecule has 2 atom stereocenters. The molecule has 0 aromatic rings. The summed E-state index contributed by atoms with van der Waals surface area (Å²) < 4.78 is 0. The molecule has 0 spiro atoms. The lowest BCUT2D eigenvalue weighted by Gasteiger charge is -2.35. The highest BCUT2D eigenvalue weighted by Crippen LogP contribution is 2.22. The minimum atomic E-state index is -0.215. The van der Waals surface area contributed by atoms with Crippen molar-refractivity contribution in [3.05, 3.63) is 0 Å². The molecular formula is C16H30N2O2. The number of nitrogens with one attached hydrogen (secondary N) is 1. The third-order valence-corrected chi connectivity index (χ3v) is 3.82. The molecule has 0 aromatic heterocycles. The Labute approximate surface area is 123 Å². The molecule has 116 valence electrons. The highest BCUT2D eigenvalue weighted by molar-refractivity contribution is 5.82. The maximum Gasteiger partial charge on any atom is 0.237 e. The number of amides is 1. The lowest BCUT2D eigenvalue weighted by Crippen LogP contribution is -2.53. The van der Waals surface area contributed by atoms with Crippen LogP contribution in [-0.4, -0.2) is 40.8 Å². The van der Waals surface area contributed by atoms with Gasteiger partial charge in [-0.15, -0.1) is 0 Å². The molecule has 1 N–H and O–H groups in total. The maximum atomic E-state index is 12.4. The van der Waals surface area contributed by atoms with Crippen LogP contribution in [0.4, 0.5) is 0 Å². The van der Waals surface area contributed by atoms with Gasteiger partial charge in [-0.05, 0) is 54.0 Å². The Morgan fingerprint density at radius 1 is 1.25 bits per heavy atom. The molecule has 1 amide bonds. The molecule has 2 unspecified atom stereocenters. The monoisotopic (exact) mass is 282 g/mol. The second kappa shape index (κ2) is 7.21. The number of hydrogen-bond acceptors (Lipinski definition) is 3. The Morgan fingerprint density at radius 2 is 1.90 bits per heavy atom. The van der Waals surface area contributed by atoms with E-state index in [1.807, 2.05) is 27.7 Å². The third kappa shape index (κ3) is 5.61. The fraction of sp³-hybridized carbons (Fsp3) is 0.875. The SMILES string of the molecule is CC(=O)CC1CCCCCN1C(C)C(=O)NC(C)(C)C. The normalized spacial score (nSPS) is 22.9. The molecule has 0 radical (unpaired) electrons. The fourth-order valence-electron chi connectivity index (χ4n) is 2.89. The molecule has 1 heterocycles. The zero-order valence-corrected chi connectivity index (χ0v) is 13.7. The van der Waals surface area contributed by atoms with Crippen LogP contribution in [0.5, 0.6) is 0 Å². The molecule has 1 aliphatic rings. The minimum Gasteiger partial charge on any atom is -0.350 e. The molecule has 4 nitrogen and oxygen atoms in total. The van der Waals surface area contributed by atoms with Gasteiger partial charge >= 0.3 is 0 Å². The van der Waals surface area contributed by atoms with Gasteiger partial charge in [0.05, 0.1) is 6.04 Å². The number of carbonyl (C=O) groups is 2. The predicted octanol–water partition coefficient (Wildman–Crippen LogP) is 2.51. The lowest BCUT2D eigenvalue weighted by atomic mass is 10.0. The fourth-order valence-corrected chi connectivity index (χ4v) is 2.89. The molecule has 0 aromatic carbocycles. The van der Waals surface area contributed by atoms with Gasteiger partial charge in [-0.1, -0.05) is 12.8 Å². The molecule has 0 bridgehead atoms. The Morgan fingerprint density at radius 3 is 2.45 bits per heavy atom. The predicted molar refractivity (Wildman–Crippen MR) is 81.6 cm³/mol. The van der Waals surface area contributed by atoms with Crippen molar-refractivity contribution in [2.24, 2.45) is 0 Å². The van der Waals surface area contributed by atoms with Crippen LogP contribution in [0, 0.1) is 0 Å². The quantitative estimate of drug-likeness (QED) is 0.862. The van der Waals surface area contributed by atoms with Crippen LogP contribution in [0.25, 0.3) is 0 Å². The second-order valence-corrected chi connectivity index (χ2v) is 7.06. The molecule has 1 aliphatic heterocycles. The van der Waals surface area contributed by atoms with Crippen molar-refractivity contribution in [1.82, 2.24) is 10.2 Å². The summed E-state index contributed by atoms with van der Waals surface area (Å²) in [5, 5.41) is 3.04. The standard InChI is InChI=1S/C16H30N2O2/c1-12(19)11-14-9-7-6-8-10-18(14)13(2)15(20)17-16(3,4)5/h13-14H,6-11H2,1-5H3,(H,17,20). The first-order chi connectivity index (χ1) is 9.20. The number of hydrogen-bond donors (Lipinski definition) is 1. The van der Waals surface area contributed by atoms with Crippen molar-refractivity contribution >= 4 is 11.7 Å². The van der Waals surface area contributed by atoms with Crippen molar-refractivity contribution < 1.29 is 9.59 Å². The highest BCUT2D eigenvalue weighted by atomic mass is 16.2. The number of nitrogens with zero attached hydrogens (tertiary/aromatic N) is 1. The molecule has 1 rings (SSSR count). The van der Waals surface area contributed by atoms with Gasteiger partial charge in [0.1, 0.15) is 5.78 Å². The summed E-state index contributed by atoms with van der Waals surface area (Å²) in [6.07, 6.45) is 5.04. The van der Waals surface area contributed by atoms with E-state index in [4.69, 9.17) is 0 Å². The van der Waals surface area contributed by atoms with Crippen molar-refractivity contribution in [1.29, 1.82) is 0 Å². The maximum absolute atomic E-state index is 12.4. The van der Waals surface area contributed by atoms with Gasteiger partial charge in [-0.25, -0.2) is 0 Å². The van der Waals surface area contributed by atoms with E-state index in [9.17, 15) is 9.59 Å². The number of Topliss-reactive ketones (excluding diaryl/α,β-unsaturated/α-hetero) is 1. The Hall–Kier alpha value is -0.900. The van der Waals surface area contributed by atoms with Crippen molar-refractivity contribution in [3.8, 4) is 0 Å². The summed E-state index contributed by atoms with van der Waals surface area (Å²) in [4.78, 5) is 26.1. The van der Waals surface area contributed by atoms with Gasteiger partial charge in [-0.3, -0.25) is 14.5 Å². The van der Waals surface area contributed by atoms with Crippen LogP contribution in [0.1, 0.15) is 66.7 Å². The Bertz CT molecular complexity index is 347. The largest absolute Gasteiger partial charge is 0.350 e. The topological polar surface area (TPSA) is 49.4 Å². The highest BCUT2D eigenvalue weighted by Gasteiger charge is 2.31. The lowest BCUT2D eigenvalue weighted by molar-refractivity contribution is -0.129. The first-order valence-corrected chi connectivity index (χ1v) is 7.78. The smallest absolute Gasteiger partial charge is 0.237 e. The van der Waals surface area contributed by atoms with Crippen molar-refractivity contribution in [2.75, 3.05) is 6.54 Å². The average molecular weight is 282 g/mol. The molecule has 0 aliphatic carbocycles. The summed E-state index contributed by atoms with van der Waals surface area (Å²) in [6.45, 7) is 10.5. The molecule has 4 heteroatoms. The van der Waals surface area contributed by atoms with E-state index in [1.54, 1.807) is 6.92 Å². The van der Waals surface area contributed by atoms with E-state index in [-0.39, 0.29) is 29.3 Å². The van der Waals surface area contributed by atoms with Gasteiger partial charge < -0.3 is 5.32 Å². The van der Waals surface area contributed by atoms with Crippen LogP contribution < -0.4 is 5.32 Å². The molecular weight excluding hydrogens is 252 g/mol. The molecule has 0 saturated carbocycles. The van der Waals surface area contributed by atoms with E-state index < -0.39 is 0 Å². The van der Waals surface area contributed by atoms with E-state index in [1.165, 1.54) is 6.42 Å². The van der Waals surface area contributed by atoms with E-state index in [2.05, 4.69) is 10.2 Å². The van der Waals surface area contributed by atoms with Crippen LogP contribution in [0.2, 0.25) is 0 Å². The van der Waals surface area contributed by atoms with Gasteiger partial charge in [0.15, 0.2) is 0 Å². The van der Waals surface area contributed by atoms with Crippen LogP contribution >= 0.6 is 0 Å². The summed E-state index contributed by atoms with van der Waals surface area (Å²) in [5.74, 6) is 0.276. The van der Waals surface area contributed by atoms with Gasteiger partial charge in [0, 0.05) is 18.0 Å². The first-order valence-electron chi connectivity index (χ1n) is 7.78. The average Bonchev–Trinajstić information content (AvgIpc) is 2.50. The zero-order chi connectivity index (χ0) is 15.3. The summed E-state index contributed by atoms with van der Waals surface area (Å²) >= 11 is 0. The Balaban J connectivity index is 2.76. The number of rotatable bonds is 4. The van der Waals surface area contributed by atoms with Crippen LogP contribution in [0.3, 0.4) is 0 Å². The number of carbonyl (C=O) groups excluding carboxylic acids is 2. The number of likely N-dealkylation sites (tertiary alicyclic amines) is 1. The van der Waals surface area contributed by atoms with Crippen molar-refractivity contribution in [3.63, 3.8) is 0 Å². The van der Waals surface area contributed by atoms with E-state index in [0.717, 1.165) is 25.8 Å². The molecule has 1 fully saturated rings. The summed E-state index contributed by atoms with van der Waals surface area (Å²) in [5.41, 5.74) is -0.215. The first kappa shape index (κ1) is 17.2. The van der Waals surface area contributed by atoms with Crippen molar-refractivity contribution in [2.45, 2.75) is 84.3 Å². The van der Waals surface area contributed by atoms with E-state index >= 15 is 0 Å². The number of ketones is 1. The minimum absolute atomic E-state index is 0.0629. The molecule has 20 heavy (non-hydrogen) atoms. The Kier molecular flexibility index (Phi) is 6.18. The molecule has 1 saturated heterocycles. The third-order valence-electron chi connectivity index (χ3n) is 3.82. The summed E-state index contributed by atoms with van der Waals surface area (Å²) in [7, 11) is 0. The van der Waals surface area contributed by atoms with Gasteiger partial charge in [0.2, 0.25) is 5.91 Å². The van der Waals surface area contributed by atoms with Crippen LogP contribution in [-0.2, 0) is 9.59 Å². The zero-order valence-electron chi connectivity index (χ0n) is 13.7. The van der Waals surface area contributed by atoms with E-state index in [0.29, 0.717) is 6.42 Å². The summed E-state index contributed by atoms with van der Waals surface area (Å²) in [6, 6.07) is 0.0485. The second-order valence-electron chi connectivity index (χ2n) is 7.06. The van der Waals surface area contributed by atoms with Gasteiger partial charge in [0.25, 0.3) is 0 Å². The van der Waals surface area contributed by atoms with Gasteiger partial charge in [-0.2, -0.15) is 0 Å².